The van der Waals surface area contributed by atoms with Crippen molar-refractivity contribution >= 4 is 22.5 Å². The molecule has 0 atom stereocenters. The Morgan fingerprint density at radius 1 is 1.39 bits per heavy atom. The van der Waals surface area contributed by atoms with E-state index in [2.05, 4.69) is 22.4 Å². The number of unbranched alkanes of at least 4 members (excludes halogenated alkanes) is 1. The van der Waals surface area contributed by atoms with Gasteiger partial charge in [-0.1, -0.05) is 31.6 Å². The fraction of sp³-hybridized carbons (Fsp3) is 0.727. The van der Waals surface area contributed by atoms with Gasteiger partial charge in [0, 0.05) is 13.1 Å². The number of aliphatic hydroxyl groups excluding tert-OH is 1. The average Bonchev–Trinajstić information content (AvgIpc) is 2.82. The van der Waals surface area contributed by atoms with E-state index >= 15 is 0 Å². The Labute approximate surface area is 111 Å². The van der Waals surface area contributed by atoms with E-state index in [1.165, 1.54) is 11.3 Å². The van der Waals surface area contributed by atoms with Crippen molar-refractivity contribution in [2.75, 3.05) is 25.0 Å². The van der Waals surface area contributed by atoms with Crippen molar-refractivity contribution < 1.29 is 9.90 Å². The predicted octanol–water partition coefficient (Wildman–Crippen LogP) is 1.73. The van der Waals surface area contributed by atoms with Gasteiger partial charge in [0.1, 0.15) is 5.01 Å². The van der Waals surface area contributed by atoms with Gasteiger partial charge in [-0.25, -0.2) is 4.79 Å². The summed E-state index contributed by atoms with van der Waals surface area (Å²) >= 11 is 1.38. The highest BCUT2D eigenvalue weighted by atomic mass is 32.1. The summed E-state index contributed by atoms with van der Waals surface area (Å²) in [5.74, 6) is 0. The van der Waals surface area contributed by atoms with Gasteiger partial charge in [-0.15, -0.1) is 10.2 Å². The number of carbonyl (C=O) groups excluding carboxylic acids is 1. The minimum absolute atomic E-state index is 0.0343. The largest absolute Gasteiger partial charge is 0.395 e. The molecule has 0 unspecified atom stereocenters. The predicted molar refractivity (Wildman–Crippen MR) is 71.9 cm³/mol. The van der Waals surface area contributed by atoms with Crippen molar-refractivity contribution in [1.29, 1.82) is 0 Å². The summed E-state index contributed by atoms with van der Waals surface area (Å²) < 4.78 is 0. The Morgan fingerprint density at radius 3 is 2.72 bits per heavy atom. The van der Waals surface area contributed by atoms with Gasteiger partial charge in [0.2, 0.25) is 5.13 Å². The number of nitrogens with one attached hydrogen (secondary N) is 1. The first kappa shape index (κ1) is 14.8. The number of amides is 2. The van der Waals surface area contributed by atoms with E-state index in [0.29, 0.717) is 18.2 Å². The zero-order valence-corrected chi connectivity index (χ0v) is 11.7. The first-order valence-electron chi connectivity index (χ1n) is 6.20. The van der Waals surface area contributed by atoms with E-state index < -0.39 is 0 Å². The van der Waals surface area contributed by atoms with Crippen molar-refractivity contribution in [3.05, 3.63) is 5.01 Å². The summed E-state index contributed by atoms with van der Waals surface area (Å²) in [6, 6.07) is -0.226. The van der Waals surface area contributed by atoms with Crippen LogP contribution in [0.5, 0.6) is 0 Å². The fourth-order valence-corrected chi connectivity index (χ4v) is 2.07. The number of aryl methyl sites for hydroxylation is 1. The van der Waals surface area contributed by atoms with E-state index in [0.717, 1.165) is 24.3 Å². The number of aromatic nitrogens is 2. The molecule has 0 aliphatic heterocycles. The van der Waals surface area contributed by atoms with E-state index in [4.69, 9.17) is 5.11 Å². The minimum atomic E-state index is -0.226. The van der Waals surface area contributed by atoms with Gasteiger partial charge in [-0.3, -0.25) is 5.32 Å². The molecular weight excluding hydrogens is 252 g/mol. The third kappa shape index (κ3) is 4.58. The van der Waals surface area contributed by atoms with Crippen LogP contribution >= 0.6 is 11.3 Å². The zero-order valence-electron chi connectivity index (χ0n) is 10.8. The Bertz CT molecular complexity index is 370. The summed E-state index contributed by atoms with van der Waals surface area (Å²) in [5, 5.41) is 20.9. The SMILES string of the molecule is CCCCN(CCO)C(=O)Nc1nnc(CC)s1. The van der Waals surface area contributed by atoms with Crippen LogP contribution in [-0.4, -0.2) is 45.9 Å². The van der Waals surface area contributed by atoms with Crippen LogP contribution in [0.4, 0.5) is 9.93 Å². The van der Waals surface area contributed by atoms with Crippen LogP contribution in [0.1, 0.15) is 31.7 Å². The molecule has 0 spiro atoms. The van der Waals surface area contributed by atoms with Gasteiger partial charge in [-0.05, 0) is 12.8 Å². The van der Waals surface area contributed by atoms with Crippen LogP contribution in [0, 0.1) is 0 Å². The normalized spacial score (nSPS) is 10.4. The minimum Gasteiger partial charge on any atom is -0.395 e. The monoisotopic (exact) mass is 272 g/mol. The third-order valence-corrected chi connectivity index (χ3v) is 3.40. The van der Waals surface area contributed by atoms with Gasteiger partial charge in [-0.2, -0.15) is 0 Å². The van der Waals surface area contributed by atoms with Crippen molar-refractivity contribution in [3.63, 3.8) is 0 Å². The molecule has 102 valence electrons. The lowest BCUT2D eigenvalue weighted by Gasteiger charge is -2.20. The molecule has 0 radical (unpaired) electrons. The lowest BCUT2D eigenvalue weighted by molar-refractivity contribution is 0.187. The number of aliphatic hydroxyl groups is 1. The molecule has 1 heterocycles. The second kappa shape index (κ2) is 7.99. The molecule has 1 aromatic rings. The summed E-state index contributed by atoms with van der Waals surface area (Å²) in [4.78, 5) is 13.5. The Kier molecular flexibility index (Phi) is 6.59. The summed E-state index contributed by atoms with van der Waals surface area (Å²) in [6.45, 7) is 5.00. The molecule has 2 amide bonds. The molecule has 0 bridgehead atoms. The Balaban J connectivity index is 2.54. The van der Waals surface area contributed by atoms with E-state index in [1.807, 2.05) is 6.92 Å². The molecule has 0 fully saturated rings. The number of carbonyl (C=O) groups is 1. The molecule has 6 nitrogen and oxygen atoms in total. The molecule has 0 aromatic carbocycles. The number of hydrogen-bond donors (Lipinski definition) is 2. The molecule has 7 heteroatoms. The number of hydrogen-bond acceptors (Lipinski definition) is 5. The summed E-state index contributed by atoms with van der Waals surface area (Å²) in [6.07, 6.45) is 2.74. The van der Waals surface area contributed by atoms with Crippen molar-refractivity contribution in [2.24, 2.45) is 0 Å². The topological polar surface area (TPSA) is 78.4 Å². The highest BCUT2D eigenvalue weighted by Gasteiger charge is 2.14. The maximum absolute atomic E-state index is 11.9. The standard InChI is InChI=1S/C11H20N4O2S/c1-3-5-6-15(7-8-16)11(17)12-10-14-13-9(4-2)18-10/h16H,3-8H2,1-2H3,(H,12,14,17). The molecule has 2 N–H and O–H groups in total. The van der Waals surface area contributed by atoms with Gasteiger partial charge in [0.05, 0.1) is 6.61 Å². The number of urea groups is 1. The zero-order chi connectivity index (χ0) is 13.4. The maximum atomic E-state index is 11.9. The summed E-state index contributed by atoms with van der Waals surface area (Å²) in [7, 11) is 0. The van der Waals surface area contributed by atoms with E-state index in [-0.39, 0.29) is 12.6 Å². The maximum Gasteiger partial charge on any atom is 0.323 e. The molecule has 0 aliphatic rings. The lowest BCUT2D eigenvalue weighted by Crippen LogP contribution is -2.37. The first-order valence-corrected chi connectivity index (χ1v) is 7.02. The van der Waals surface area contributed by atoms with E-state index in [9.17, 15) is 4.79 Å². The smallest absolute Gasteiger partial charge is 0.323 e. The lowest BCUT2D eigenvalue weighted by atomic mass is 10.3. The number of nitrogens with zero attached hydrogens (tertiary/aromatic N) is 3. The molecular formula is C11H20N4O2S. The first-order chi connectivity index (χ1) is 8.71. The van der Waals surface area contributed by atoms with Crippen LogP contribution in [-0.2, 0) is 6.42 Å². The van der Waals surface area contributed by atoms with Crippen molar-refractivity contribution in [3.8, 4) is 0 Å². The van der Waals surface area contributed by atoms with Crippen LogP contribution in [0.15, 0.2) is 0 Å². The Morgan fingerprint density at radius 2 is 2.17 bits per heavy atom. The fourth-order valence-electron chi connectivity index (χ4n) is 1.40. The van der Waals surface area contributed by atoms with Gasteiger partial charge in [0.15, 0.2) is 0 Å². The number of anilines is 1. The Hall–Kier alpha value is -1.21. The van der Waals surface area contributed by atoms with Crippen LogP contribution < -0.4 is 5.32 Å². The second-order valence-electron chi connectivity index (χ2n) is 3.85. The molecule has 18 heavy (non-hydrogen) atoms. The van der Waals surface area contributed by atoms with Gasteiger partial charge < -0.3 is 10.0 Å². The molecule has 1 rings (SSSR count). The van der Waals surface area contributed by atoms with Crippen molar-refractivity contribution in [2.45, 2.75) is 33.1 Å². The van der Waals surface area contributed by atoms with Crippen LogP contribution in [0.3, 0.4) is 0 Å². The molecule has 0 saturated carbocycles. The van der Waals surface area contributed by atoms with Crippen LogP contribution in [0.2, 0.25) is 0 Å². The second-order valence-corrected chi connectivity index (χ2v) is 4.91. The number of rotatable bonds is 7. The quantitative estimate of drug-likeness (QED) is 0.792. The molecule has 1 aromatic heterocycles. The van der Waals surface area contributed by atoms with E-state index in [1.54, 1.807) is 4.90 Å². The van der Waals surface area contributed by atoms with Crippen LogP contribution in [0.25, 0.3) is 0 Å². The summed E-state index contributed by atoms with van der Waals surface area (Å²) in [5.41, 5.74) is 0. The molecule has 0 aliphatic carbocycles. The average molecular weight is 272 g/mol. The third-order valence-electron chi connectivity index (χ3n) is 2.42. The molecule has 0 saturated heterocycles. The highest BCUT2D eigenvalue weighted by molar-refractivity contribution is 7.15. The van der Waals surface area contributed by atoms with Crippen molar-refractivity contribution in [1.82, 2.24) is 15.1 Å². The van der Waals surface area contributed by atoms with Gasteiger partial charge in [0.25, 0.3) is 0 Å². The highest BCUT2D eigenvalue weighted by Crippen LogP contribution is 2.15. The van der Waals surface area contributed by atoms with Gasteiger partial charge >= 0.3 is 6.03 Å².